The second-order valence-electron chi connectivity index (χ2n) is 4.59. The normalized spacial score (nSPS) is 19.9. The molecular weight excluding hydrogens is 357 g/mol. The van der Waals surface area contributed by atoms with Crippen molar-refractivity contribution in [2.45, 2.75) is 13.0 Å². The summed E-state index contributed by atoms with van der Waals surface area (Å²) in [6, 6.07) is 2.38. The number of hydrogen-bond acceptors (Lipinski definition) is 5. The van der Waals surface area contributed by atoms with E-state index in [0.717, 1.165) is 40.6 Å². The van der Waals surface area contributed by atoms with Crippen molar-refractivity contribution in [1.82, 2.24) is 14.6 Å². The Morgan fingerprint density at radius 2 is 2.37 bits per heavy atom. The third-order valence-corrected chi connectivity index (χ3v) is 4.09. The van der Waals surface area contributed by atoms with Gasteiger partial charge in [-0.15, -0.1) is 0 Å². The van der Waals surface area contributed by atoms with Gasteiger partial charge in [-0.3, -0.25) is 0 Å². The van der Waals surface area contributed by atoms with Gasteiger partial charge in [-0.2, -0.15) is 9.61 Å². The van der Waals surface area contributed by atoms with Crippen molar-refractivity contribution in [2.75, 3.05) is 37.0 Å². The molecule has 2 aromatic heterocycles. The molecular formula is C12H16IN5O. The number of ether oxygens (including phenoxy) is 1. The van der Waals surface area contributed by atoms with Crippen LogP contribution in [0.3, 0.4) is 0 Å². The van der Waals surface area contributed by atoms with Crippen LogP contribution in [-0.2, 0) is 4.74 Å². The van der Waals surface area contributed by atoms with Crippen molar-refractivity contribution in [3.8, 4) is 0 Å². The summed E-state index contributed by atoms with van der Waals surface area (Å²) >= 11 is 2.26. The summed E-state index contributed by atoms with van der Waals surface area (Å²) in [5.74, 6) is 1.92. The van der Waals surface area contributed by atoms with Crippen LogP contribution in [0, 0.1) is 3.57 Å². The van der Waals surface area contributed by atoms with E-state index in [-0.39, 0.29) is 0 Å². The van der Waals surface area contributed by atoms with Crippen molar-refractivity contribution in [1.29, 1.82) is 0 Å². The molecule has 1 aliphatic heterocycles. The van der Waals surface area contributed by atoms with E-state index in [1.165, 1.54) is 0 Å². The van der Waals surface area contributed by atoms with E-state index in [2.05, 4.69) is 44.8 Å². The maximum atomic E-state index is 5.48. The number of anilines is 2. The maximum Gasteiger partial charge on any atom is 0.173 e. The molecule has 0 aliphatic carbocycles. The fourth-order valence-electron chi connectivity index (χ4n) is 2.32. The molecule has 1 N–H and O–H groups in total. The van der Waals surface area contributed by atoms with Gasteiger partial charge in [0.25, 0.3) is 0 Å². The van der Waals surface area contributed by atoms with Crippen molar-refractivity contribution in [3.63, 3.8) is 0 Å². The van der Waals surface area contributed by atoms with Crippen LogP contribution in [0.5, 0.6) is 0 Å². The summed E-state index contributed by atoms with van der Waals surface area (Å²) in [5.41, 5.74) is 0.890. The van der Waals surface area contributed by atoms with Crippen LogP contribution in [0.25, 0.3) is 5.65 Å². The van der Waals surface area contributed by atoms with Gasteiger partial charge < -0.3 is 15.0 Å². The molecule has 6 nitrogen and oxygen atoms in total. The molecule has 0 bridgehead atoms. The highest BCUT2D eigenvalue weighted by Crippen LogP contribution is 2.24. The van der Waals surface area contributed by atoms with Crippen LogP contribution in [0.4, 0.5) is 11.6 Å². The van der Waals surface area contributed by atoms with Gasteiger partial charge in [0.05, 0.1) is 29.0 Å². The Kier molecular flexibility index (Phi) is 3.48. The molecule has 1 atom stereocenters. The Hall–Kier alpha value is -1.09. The van der Waals surface area contributed by atoms with Crippen molar-refractivity contribution < 1.29 is 4.74 Å². The van der Waals surface area contributed by atoms with Gasteiger partial charge in [0.15, 0.2) is 5.65 Å². The number of aromatic nitrogens is 3. The third-order valence-electron chi connectivity index (χ3n) is 3.33. The van der Waals surface area contributed by atoms with Gasteiger partial charge >= 0.3 is 0 Å². The summed E-state index contributed by atoms with van der Waals surface area (Å²) in [6.07, 6.45) is 1.83. The lowest BCUT2D eigenvalue weighted by atomic mass is 10.2. The first-order chi connectivity index (χ1) is 9.20. The van der Waals surface area contributed by atoms with Crippen LogP contribution in [0.1, 0.15) is 6.92 Å². The average Bonchev–Trinajstić information content (AvgIpc) is 2.80. The van der Waals surface area contributed by atoms with Crippen LogP contribution in [-0.4, -0.2) is 47.4 Å². The number of hydrogen-bond donors (Lipinski definition) is 1. The zero-order valence-electron chi connectivity index (χ0n) is 10.9. The van der Waals surface area contributed by atoms with E-state index < -0.39 is 0 Å². The first-order valence-electron chi connectivity index (χ1n) is 6.27. The van der Waals surface area contributed by atoms with Crippen LogP contribution in [0.15, 0.2) is 12.3 Å². The Labute approximate surface area is 125 Å². The van der Waals surface area contributed by atoms with Crippen molar-refractivity contribution in [2.24, 2.45) is 0 Å². The van der Waals surface area contributed by atoms with Crippen molar-refractivity contribution in [3.05, 3.63) is 15.8 Å². The molecule has 1 fully saturated rings. The Bertz CT molecular complexity index is 599. The van der Waals surface area contributed by atoms with Crippen LogP contribution >= 0.6 is 22.6 Å². The number of morpholine rings is 1. The van der Waals surface area contributed by atoms with Crippen molar-refractivity contribution >= 4 is 39.9 Å². The van der Waals surface area contributed by atoms with Gasteiger partial charge in [-0.05, 0) is 29.5 Å². The molecule has 1 aliphatic rings. The minimum Gasteiger partial charge on any atom is -0.377 e. The van der Waals surface area contributed by atoms with E-state index in [9.17, 15) is 0 Å². The fourth-order valence-corrected chi connectivity index (χ4v) is 2.79. The fraction of sp³-hybridized carbons (Fsp3) is 0.500. The topological polar surface area (TPSA) is 54.7 Å². The standard InChI is InChI=1S/C12H16IN5O/c1-8-7-19-4-3-17(8)11-5-10(14-2)18-12(16-11)9(13)6-15-18/h5-6,8,14H,3-4,7H2,1-2H3. The monoisotopic (exact) mass is 373 g/mol. The number of nitrogens with one attached hydrogen (secondary N) is 1. The summed E-state index contributed by atoms with van der Waals surface area (Å²) in [7, 11) is 1.90. The number of rotatable bonds is 2. The molecule has 1 unspecified atom stereocenters. The highest BCUT2D eigenvalue weighted by atomic mass is 127. The molecule has 0 saturated carbocycles. The predicted molar refractivity (Wildman–Crippen MR) is 82.9 cm³/mol. The van der Waals surface area contributed by atoms with E-state index in [1.54, 1.807) is 0 Å². The second-order valence-corrected chi connectivity index (χ2v) is 5.76. The molecule has 2 aromatic rings. The lowest BCUT2D eigenvalue weighted by Crippen LogP contribution is -2.44. The van der Waals surface area contributed by atoms with Crippen LogP contribution < -0.4 is 10.2 Å². The quantitative estimate of drug-likeness (QED) is 0.811. The second kappa shape index (κ2) is 5.12. The number of halogens is 1. The zero-order chi connectivity index (χ0) is 13.4. The third kappa shape index (κ3) is 2.25. The molecule has 7 heteroatoms. The van der Waals surface area contributed by atoms with Gasteiger partial charge in [0.1, 0.15) is 11.6 Å². The van der Waals surface area contributed by atoms with E-state index in [0.29, 0.717) is 6.04 Å². The molecule has 0 amide bonds. The molecule has 102 valence electrons. The highest BCUT2D eigenvalue weighted by Gasteiger charge is 2.22. The molecule has 3 rings (SSSR count). The highest BCUT2D eigenvalue weighted by molar-refractivity contribution is 14.1. The molecule has 19 heavy (non-hydrogen) atoms. The molecule has 0 aromatic carbocycles. The summed E-state index contributed by atoms with van der Waals surface area (Å²) in [4.78, 5) is 7.03. The van der Waals surface area contributed by atoms with Gasteiger partial charge in [-0.25, -0.2) is 4.98 Å². The van der Waals surface area contributed by atoms with E-state index >= 15 is 0 Å². The van der Waals surface area contributed by atoms with Gasteiger partial charge in [0.2, 0.25) is 0 Å². The SMILES string of the molecule is CNc1cc(N2CCOCC2C)nc2c(I)cnn12. The number of fused-ring (bicyclic) bond motifs is 1. The lowest BCUT2D eigenvalue weighted by Gasteiger charge is -2.34. The Morgan fingerprint density at radius 1 is 1.53 bits per heavy atom. The van der Waals surface area contributed by atoms with Crippen LogP contribution in [0.2, 0.25) is 0 Å². The summed E-state index contributed by atoms with van der Waals surface area (Å²) < 4.78 is 8.36. The first-order valence-corrected chi connectivity index (χ1v) is 7.35. The molecule has 0 radical (unpaired) electrons. The Balaban J connectivity index is 2.10. The molecule has 0 spiro atoms. The minimum absolute atomic E-state index is 0.342. The lowest BCUT2D eigenvalue weighted by molar-refractivity contribution is 0.0985. The predicted octanol–water partition coefficient (Wildman–Crippen LogP) is 1.60. The van der Waals surface area contributed by atoms with Gasteiger partial charge in [0, 0.05) is 19.7 Å². The summed E-state index contributed by atoms with van der Waals surface area (Å²) in [5, 5.41) is 7.51. The van der Waals surface area contributed by atoms with E-state index in [4.69, 9.17) is 9.72 Å². The van der Waals surface area contributed by atoms with Gasteiger partial charge in [-0.1, -0.05) is 0 Å². The zero-order valence-corrected chi connectivity index (χ0v) is 13.1. The first kappa shape index (κ1) is 12.9. The maximum absolute atomic E-state index is 5.48. The molecule has 1 saturated heterocycles. The average molecular weight is 373 g/mol. The Morgan fingerprint density at radius 3 is 3.11 bits per heavy atom. The molecule has 3 heterocycles. The van der Waals surface area contributed by atoms with E-state index in [1.807, 2.05) is 23.8 Å². The smallest absolute Gasteiger partial charge is 0.173 e. The summed E-state index contributed by atoms with van der Waals surface area (Å²) in [6.45, 7) is 4.53. The minimum atomic E-state index is 0.342. The number of nitrogens with zero attached hydrogens (tertiary/aromatic N) is 4. The largest absolute Gasteiger partial charge is 0.377 e.